The van der Waals surface area contributed by atoms with Crippen LogP contribution in [0.3, 0.4) is 0 Å². The zero-order chi connectivity index (χ0) is 22.3. The summed E-state index contributed by atoms with van der Waals surface area (Å²) in [6.07, 6.45) is 2.48. The number of para-hydroxylation sites is 1. The molecule has 0 saturated carbocycles. The Labute approximate surface area is 190 Å². The molecule has 3 aromatic rings. The third-order valence-corrected chi connectivity index (χ3v) is 6.56. The van der Waals surface area contributed by atoms with Crippen LogP contribution in [0, 0.1) is 0 Å². The second-order valence-electron chi connectivity index (χ2n) is 10.2. The third-order valence-electron chi connectivity index (χ3n) is 6.56. The van der Waals surface area contributed by atoms with Crippen molar-refractivity contribution < 1.29 is 9.53 Å². The maximum absolute atomic E-state index is 13.6. The van der Waals surface area contributed by atoms with Gasteiger partial charge in [-0.15, -0.1) is 0 Å². The number of rotatable bonds is 2. The molecule has 0 bridgehead atoms. The molecule has 1 amide bonds. The van der Waals surface area contributed by atoms with E-state index in [1.54, 1.807) is 0 Å². The molecular weight excluding hydrogens is 398 g/mol. The number of fused-ring (bicyclic) bond motifs is 2. The van der Waals surface area contributed by atoms with Gasteiger partial charge in [-0.2, -0.15) is 0 Å². The molecule has 5 heteroatoms. The second-order valence-corrected chi connectivity index (χ2v) is 10.2. The minimum atomic E-state index is -0.560. The molecule has 1 atom stereocenters. The zero-order valence-corrected chi connectivity index (χ0v) is 19.2. The Morgan fingerprint density at radius 2 is 1.81 bits per heavy atom. The smallest absolute Gasteiger partial charge is 0.416 e. The Morgan fingerprint density at radius 1 is 1.06 bits per heavy atom. The third kappa shape index (κ3) is 3.97. The molecule has 2 aliphatic heterocycles. The zero-order valence-electron chi connectivity index (χ0n) is 19.2. The summed E-state index contributed by atoms with van der Waals surface area (Å²) in [5, 5.41) is 1.11. The summed E-state index contributed by atoms with van der Waals surface area (Å²) >= 11 is 0. The van der Waals surface area contributed by atoms with Crippen LogP contribution in [0.5, 0.6) is 0 Å². The number of aryl methyl sites for hydroxylation is 1. The predicted octanol–water partition coefficient (Wildman–Crippen LogP) is 5.57. The summed E-state index contributed by atoms with van der Waals surface area (Å²) in [5.41, 5.74) is 2.49. The van der Waals surface area contributed by atoms with E-state index in [1.807, 2.05) is 49.9 Å². The topological polar surface area (TPSA) is 45.7 Å². The number of pyridine rings is 1. The van der Waals surface area contributed by atoms with Crippen molar-refractivity contribution in [2.75, 3.05) is 18.0 Å². The van der Waals surface area contributed by atoms with Crippen LogP contribution in [0.1, 0.15) is 44.7 Å². The van der Waals surface area contributed by atoms with Crippen LogP contribution in [0.15, 0.2) is 60.7 Å². The van der Waals surface area contributed by atoms with Gasteiger partial charge in [-0.3, -0.25) is 9.80 Å². The minimum Gasteiger partial charge on any atom is -0.443 e. The van der Waals surface area contributed by atoms with Crippen molar-refractivity contribution in [3.05, 3.63) is 71.8 Å². The van der Waals surface area contributed by atoms with Gasteiger partial charge in [-0.1, -0.05) is 48.5 Å². The van der Waals surface area contributed by atoms with Gasteiger partial charge < -0.3 is 4.74 Å². The van der Waals surface area contributed by atoms with Gasteiger partial charge in [0, 0.05) is 25.0 Å². The second kappa shape index (κ2) is 7.89. The van der Waals surface area contributed by atoms with Crippen molar-refractivity contribution in [1.29, 1.82) is 0 Å². The minimum absolute atomic E-state index is 0.289. The van der Waals surface area contributed by atoms with Gasteiger partial charge >= 0.3 is 6.09 Å². The maximum atomic E-state index is 13.6. The van der Waals surface area contributed by atoms with E-state index in [4.69, 9.17) is 9.72 Å². The molecule has 5 nitrogen and oxygen atoms in total. The molecule has 2 aliphatic rings. The van der Waals surface area contributed by atoms with E-state index in [-0.39, 0.29) is 11.6 Å². The van der Waals surface area contributed by atoms with E-state index < -0.39 is 5.60 Å². The molecular formula is C27H31N3O2. The van der Waals surface area contributed by atoms with Crippen LogP contribution in [0.4, 0.5) is 10.6 Å². The molecule has 1 aromatic heterocycles. The molecule has 3 heterocycles. The average Bonchev–Trinajstić information content (AvgIpc) is 3.14. The molecule has 2 aromatic carbocycles. The van der Waals surface area contributed by atoms with Crippen LogP contribution in [0.25, 0.3) is 10.9 Å². The lowest BCUT2D eigenvalue weighted by atomic mass is 9.84. The number of nitrogens with zero attached hydrogens (tertiary/aromatic N) is 3. The number of likely N-dealkylation sites (tertiary alicyclic amines) is 1. The summed E-state index contributed by atoms with van der Waals surface area (Å²) in [6.45, 7) is 8.45. The maximum Gasteiger partial charge on any atom is 0.416 e. The number of amides is 1. The molecule has 0 radical (unpaired) electrons. The molecule has 166 valence electrons. The molecule has 5 rings (SSSR count). The Morgan fingerprint density at radius 3 is 2.59 bits per heavy atom. The van der Waals surface area contributed by atoms with E-state index in [0.29, 0.717) is 0 Å². The number of carbonyl (C=O) groups is 1. The van der Waals surface area contributed by atoms with Gasteiger partial charge in [0.1, 0.15) is 11.4 Å². The van der Waals surface area contributed by atoms with E-state index in [0.717, 1.165) is 61.2 Å². The van der Waals surface area contributed by atoms with E-state index >= 15 is 0 Å². The molecule has 0 N–H and O–H groups in total. The van der Waals surface area contributed by atoms with Crippen LogP contribution in [-0.2, 0) is 17.7 Å². The Hall–Kier alpha value is -2.92. The summed E-state index contributed by atoms with van der Waals surface area (Å²) in [4.78, 5) is 22.9. The molecule has 1 saturated heterocycles. The number of carbonyl (C=O) groups excluding carboxylic acids is 1. The van der Waals surface area contributed by atoms with Gasteiger partial charge in [0.2, 0.25) is 0 Å². The Kier molecular flexibility index (Phi) is 5.17. The fraction of sp³-hybridized carbons (Fsp3) is 0.407. The predicted molar refractivity (Wildman–Crippen MR) is 128 cm³/mol. The highest BCUT2D eigenvalue weighted by Crippen LogP contribution is 2.43. The lowest BCUT2D eigenvalue weighted by molar-refractivity contribution is 0.0525. The number of hydrogen-bond acceptors (Lipinski definition) is 4. The summed E-state index contributed by atoms with van der Waals surface area (Å²) in [7, 11) is 0. The average molecular weight is 430 g/mol. The van der Waals surface area contributed by atoms with Crippen molar-refractivity contribution in [2.45, 2.75) is 57.7 Å². The summed E-state index contributed by atoms with van der Waals surface area (Å²) < 4.78 is 5.91. The molecule has 1 spiro atoms. The van der Waals surface area contributed by atoms with Gasteiger partial charge in [-0.25, -0.2) is 9.78 Å². The summed E-state index contributed by atoms with van der Waals surface area (Å²) in [5.74, 6) is 0.769. The van der Waals surface area contributed by atoms with Crippen molar-refractivity contribution >= 4 is 22.8 Å². The van der Waals surface area contributed by atoms with Crippen molar-refractivity contribution in [2.24, 2.45) is 0 Å². The van der Waals surface area contributed by atoms with Gasteiger partial charge in [0.15, 0.2) is 0 Å². The molecule has 1 unspecified atom stereocenters. The first kappa shape index (κ1) is 21.0. The number of ether oxygens (including phenoxy) is 1. The molecule has 1 fully saturated rings. The summed E-state index contributed by atoms with van der Waals surface area (Å²) in [6, 6.07) is 20.9. The highest BCUT2D eigenvalue weighted by Gasteiger charge is 2.50. The van der Waals surface area contributed by atoms with Crippen LogP contribution >= 0.6 is 0 Å². The molecule has 32 heavy (non-hydrogen) atoms. The van der Waals surface area contributed by atoms with Gasteiger partial charge in [-0.05, 0) is 63.3 Å². The number of benzene rings is 2. The fourth-order valence-electron chi connectivity index (χ4n) is 5.12. The Bertz CT molecular complexity index is 1140. The largest absolute Gasteiger partial charge is 0.443 e. The highest BCUT2D eigenvalue weighted by molar-refractivity contribution is 5.93. The van der Waals surface area contributed by atoms with Gasteiger partial charge in [0.05, 0.1) is 11.1 Å². The van der Waals surface area contributed by atoms with Crippen LogP contribution < -0.4 is 4.90 Å². The van der Waals surface area contributed by atoms with Crippen molar-refractivity contribution in [3.8, 4) is 0 Å². The van der Waals surface area contributed by atoms with Gasteiger partial charge in [0.25, 0.3) is 0 Å². The normalized spacial score (nSPS) is 21.2. The van der Waals surface area contributed by atoms with Crippen LogP contribution in [-0.4, -0.2) is 40.2 Å². The van der Waals surface area contributed by atoms with Crippen molar-refractivity contribution in [3.63, 3.8) is 0 Å². The van der Waals surface area contributed by atoms with Crippen LogP contribution in [0.2, 0.25) is 0 Å². The van der Waals surface area contributed by atoms with Crippen molar-refractivity contribution in [1.82, 2.24) is 9.88 Å². The number of anilines is 1. The number of hydrogen-bond donors (Lipinski definition) is 0. The van der Waals surface area contributed by atoms with E-state index in [2.05, 4.69) is 41.3 Å². The first-order chi connectivity index (χ1) is 15.3. The fourth-order valence-corrected chi connectivity index (χ4v) is 5.12. The monoisotopic (exact) mass is 429 g/mol. The molecule has 0 aliphatic carbocycles. The quantitative estimate of drug-likeness (QED) is 0.534. The van der Waals surface area contributed by atoms with E-state index in [9.17, 15) is 4.79 Å². The lowest BCUT2D eigenvalue weighted by Crippen LogP contribution is -2.57. The first-order valence-electron chi connectivity index (χ1n) is 11.5. The number of aromatic nitrogens is 1. The van der Waals surface area contributed by atoms with E-state index in [1.165, 1.54) is 5.56 Å². The standard InChI is InChI=1S/C27H31N3O2/c1-26(2,3)32-25(31)30-24-22(17-21-11-7-8-12-23(21)28-24)13-14-27(30)15-16-29(19-27)18-20-9-5-4-6-10-20/h4-12,17H,13-16,18-19H2,1-3H3. The lowest BCUT2D eigenvalue weighted by Gasteiger charge is -2.45. The highest BCUT2D eigenvalue weighted by atomic mass is 16.6. The first-order valence-corrected chi connectivity index (χ1v) is 11.5. The Balaban J connectivity index is 1.52. The SMILES string of the molecule is CC(C)(C)OC(=O)N1c2nc3ccccc3cc2CCC12CCN(Cc1ccccc1)C2.